The van der Waals surface area contributed by atoms with Gasteiger partial charge in [0, 0.05) is 16.5 Å². The number of fused-ring (bicyclic) bond motifs is 1. The Kier molecular flexibility index (Phi) is 4.64. The fourth-order valence-electron chi connectivity index (χ4n) is 3.64. The first-order chi connectivity index (χ1) is 10.6. The van der Waals surface area contributed by atoms with Crippen molar-refractivity contribution >= 4 is 35.2 Å². The summed E-state index contributed by atoms with van der Waals surface area (Å²) in [5.74, 6) is -0.168. The van der Waals surface area contributed by atoms with E-state index >= 15 is 0 Å². The molecule has 1 saturated heterocycles. The van der Waals surface area contributed by atoms with Gasteiger partial charge in [-0.25, -0.2) is 4.79 Å². The number of benzene rings is 1. The average Bonchev–Trinajstić information content (AvgIpc) is 3.06. The molecule has 1 heterocycles. The first-order valence-corrected chi connectivity index (χ1v) is 8.83. The summed E-state index contributed by atoms with van der Waals surface area (Å²) in [7, 11) is 0. The van der Waals surface area contributed by atoms with Crippen molar-refractivity contribution in [2.24, 2.45) is 11.8 Å². The molecule has 1 saturated carbocycles. The van der Waals surface area contributed by atoms with Crippen LogP contribution in [0.4, 0.5) is 0 Å². The molecule has 0 spiro atoms. The molecule has 3 atom stereocenters. The Labute approximate surface area is 138 Å². The molecule has 1 aliphatic heterocycles. The largest absolute Gasteiger partial charge is 0.480 e. The Morgan fingerprint density at radius 3 is 2.68 bits per heavy atom. The summed E-state index contributed by atoms with van der Waals surface area (Å²) < 4.78 is 0. The molecule has 118 valence electrons. The fourth-order valence-corrected chi connectivity index (χ4v) is 4.55. The molecule has 4 nitrogen and oxygen atoms in total. The van der Waals surface area contributed by atoms with Crippen LogP contribution >= 0.6 is 23.4 Å². The number of carbonyl (C=O) groups is 2. The third-order valence-electron chi connectivity index (χ3n) is 4.64. The summed E-state index contributed by atoms with van der Waals surface area (Å²) in [4.78, 5) is 26.5. The van der Waals surface area contributed by atoms with Crippen LogP contribution in [0.1, 0.15) is 19.3 Å². The highest BCUT2D eigenvalue weighted by Crippen LogP contribution is 2.42. The molecule has 1 aromatic rings. The van der Waals surface area contributed by atoms with E-state index in [1.54, 1.807) is 17.0 Å². The molecule has 3 unspecified atom stereocenters. The van der Waals surface area contributed by atoms with Gasteiger partial charge in [-0.05, 0) is 48.9 Å². The highest BCUT2D eigenvalue weighted by Gasteiger charge is 2.49. The van der Waals surface area contributed by atoms with Crippen molar-refractivity contribution in [3.8, 4) is 0 Å². The number of likely N-dealkylation sites (tertiary alicyclic amines) is 1. The Balaban J connectivity index is 1.64. The minimum Gasteiger partial charge on any atom is -0.480 e. The van der Waals surface area contributed by atoms with E-state index in [0.717, 1.165) is 24.2 Å². The summed E-state index contributed by atoms with van der Waals surface area (Å²) in [6, 6.07) is 6.68. The number of rotatable bonds is 4. The Bertz CT molecular complexity index is 577. The second-order valence-corrected chi connectivity index (χ2v) is 7.41. The third kappa shape index (κ3) is 3.10. The van der Waals surface area contributed by atoms with Gasteiger partial charge in [-0.15, -0.1) is 11.8 Å². The van der Waals surface area contributed by atoms with Crippen LogP contribution in [0.2, 0.25) is 5.02 Å². The van der Waals surface area contributed by atoms with Crippen molar-refractivity contribution in [2.75, 3.05) is 12.3 Å². The quantitative estimate of drug-likeness (QED) is 0.856. The summed E-state index contributed by atoms with van der Waals surface area (Å²) in [6.45, 7) is 0.599. The number of hydrogen-bond acceptors (Lipinski definition) is 3. The average molecular weight is 340 g/mol. The van der Waals surface area contributed by atoms with E-state index in [-0.39, 0.29) is 17.6 Å². The molecule has 3 rings (SSSR count). The third-order valence-corrected chi connectivity index (χ3v) is 5.89. The monoisotopic (exact) mass is 339 g/mol. The van der Waals surface area contributed by atoms with Crippen LogP contribution in [0.25, 0.3) is 0 Å². The molecule has 1 aromatic carbocycles. The standard InChI is InChI=1S/C16H18ClNO3S/c17-11-4-6-12(7-5-11)22-9-14(19)18-8-10-2-1-3-13(10)15(18)16(20)21/h4-7,10,13,15H,1-3,8-9H2,(H,20,21). The van der Waals surface area contributed by atoms with E-state index < -0.39 is 12.0 Å². The molecule has 2 fully saturated rings. The Morgan fingerprint density at radius 2 is 2.00 bits per heavy atom. The highest BCUT2D eigenvalue weighted by atomic mass is 35.5. The van der Waals surface area contributed by atoms with Crippen LogP contribution in [0.15, 0.2) is 29.2 Å². The zero-order valence-corrected chi connectivity index (χ0v) is 13.6. The SMILES string of the molecule is O=C(O)C1C2CCCC2CN1C(=O)CSc1ccc(Cl)cc1. The number of thioether (sulfide) groups is 1. The molecule has 1 N–H and O–H groups in total. The van der Waals surface area contributed by atoms with E-state index in [1.807, 2.05) is 12.1 Å². The zero-order chi connectivity index (χ0) is 15.7. The zero-order valence-electron chi connectivity index (χ0n) is 12.1. The second kappa shape index (κ2) is 6.50. The van der Waals surface area contributed by atoms with E-state index in [1.165, 1.54) is 11.8 Å². The number of halogens is 1. The lowest BCUT2D eigenvalue weighted by Crippen LogP contribution is -2.44. The van der Waals surface area contributed by atoms with Gasteiger partial charge in [-0.2, -0.15) is 0 Å². The smallest absolute Gasteiger partial charge is 0.326 e. The first-order valence-electron chi connectivity index (χ1n) is 7.47. The number of carboxylic acids is 1. The van der Waals surface area contributed by atoms with Crippen LogP contribution in [-0.4, -0.2) is 40.2 Å². The van der Waals surface area contributed by atoms with Gasteiger partial charge < -0.3 is 10.0 Å². The molecule has 2 aliphatic rings. The maximum atomic E-state index is 12.4. The molecule has 0 radical (unpaired) electrons. The first kappa shape index (κ1) is 15.7. The minimum absolute atomic E-state index is 0.0817. The molecular formula is C16H18ClNO3S. The lowest BCUT2D eigenvalue weighted by molar-refractivity contribution is -0.148. The van der Waals surface area contributed by atoms with Crippen LogP contribution in [0.3, 0.4) is 0 Å². The predicted molar refractivity (Wildman–Crippen MR) is 86.1 cm³/mol. The highest BCUT2D eigenvalue weighted by molar-refractivity contribution is 8.00. The second-order valence-electron chi connectivity index (χ2n) is 5.93. The molecule has 22 heavy (non-hydrogen) atoms. The van der Waals surface area contributed by atoms with E-state index in [9.17, 15) is 14.7 Å². The van der Waals surface area contributed by atoms with Crippen LogP contribution in [0.5, 0.6) is 0 Å². The van der Waals surface area contributed by atoms with Gasteiger partial charge in [0.25, 0.3) is 0 Å². The molecule has 6 heteroatoms. The van der Waals surface area contributed by atoms with Crippen LogP contribution < -0.4 is 0 Å². The van der Waals surface area contributed by atoms with Gasteiger partial charge in [0.15, 0.2) is 0 Å². The molecule has 0 aromatic heterocycles. The lowest BCUT2D eigenvalue weighted by Gasteiger charge is -2.24. The Morgan fingerprint density at radius 1 is 1.27 bits per heavy atom. The molecule has 1 aliphatic carbocycles. The van der Waals surface area contributed by atoms with Crippen molar-refractivity contribution in [1.29, 1.82) is 0 Å². The van der Waals surface area contributed by atoms with Crippen LogP contribution in [0, 0.1) is 11.8 Å². The minimum atomic E-state index is -0.862. The van der Waals surface area contributed by atoms with E-state index in [0.29, 0.717) is 17.5 Å². The van der Waals surface area contributed by atoms with Gasteiger partial charge in [0.1, 0.15) is 6.04 Å². The maximum Gasteiger partial charge on any atom is 0.326 e. The topological polar surface area (TPSA) is 57.6 Å². The van der Waals surface area contributed by atoms with Crippen molar-refractivity contribution in [3.63, 3.8) is 0 Å². The van der Waals surface area contributed by atoms with Gasteiger partial charge >= 0.3 is 5.97 Å². The summed E-state index contributed by atoms with van der Waals surface area (Å²) in [5.41, 5.74) is 0. The summed E-state index contributed by atoms with van der Waals surface area (Å²) in [5, 5.41) is 10.1. The van der Waals surface area contributed by atoms with Gasteiger partial charge in [0.05, 0.1) is 5.75 Å². The van der Waals surface area contributed by atoms with E-state index in [4.69, 9.17) is 11.6 Å². The predicted octanol–water partition coefficient (Wildman–Crippen LogP) is 3.14. The van der Waals surface area contributed by atoms with Crippen LogP contribution in [-0.2, 0) is 9.59 Å². The van der Waals surface area contributed by atoms with Crippen molar-refractivity contribution < 1.29 is 14.7 Å². The molecular weight excluding hydrogens is 322 g/mol. The van der Waals surface area contributed by atoms with Gasteiger partial charge in [-0.1, -0.05) is 18.0 Å². The normalized spacial score (nSPS) is 27.0. The number of aliphatic carboxylic acids is 1. The van der Waals surface area contributed by atoms with Gasteiger partial charge in [-0.3, -0.25) is 4.79 Å². The Hall–Kier alpha value is -1.20. The number of carbonyl (C=O) groups excluding carboxylic acids is 1. The number of nitrogens with zero attached hydrogens (tertiary/aromatic N) is 1. The fraction of sp³-hybridized carbons (Fsp3) is 0.500. The van der Waals surface area contributed by atoms with Crippen molar-refractivity contribution in [1.82, 2.24) is 4.90 Å². The summed E-state index contributed by atoms with van der Waals surface area (Å²) in [6.07, 6.45) is 3.05. The maximum absolute atomic E-state index is 12.4. The summed E-state index contributed by atoms with van der Waals surface area (Å²) >= 11 is 7.26. The van der Waals surface area contributed by atoms with E-state index in [2.05, 4.69) is 0 Å². The van der Waals surface area contributed by atoms with Crippen molar-refractivity contribution in [2.45, 2.75) is 30.2 Å². The number of carboxylic acid groups (broad SMARTS) is 1. The molecule has 1 amide bonds. The number of amides is 1. The van der Waals surface area contributed by atoms with Gasteiger partial charge in [0.2, 0.25) is 5.91 Å². The van der Waals surface area contributed by atoms with Crippen molar-refractivity contribution in [3.05, 3.63) is 29.3 Å². The molecule has 0 bridgehead atoms. The number of hydrogen-bond donors (Lipinski definition) is 1. The lowest BCUT2D eigenvalue weighted by atomic mass is 9.94.